The fourth-order valence-corrected chi connectivity index (χ4v) is 1.11. The molecule has 1 heterocycles. The summed E-state index contributed by atoms with van der Waals surface area (Å²) in [5.41, 5.74) is 0. The van der Waals surface area contributed by atoms with Crippen LogP contribution < -0.4 is 14.8 Å². The van der Waals surface area contributed by atoms with E-state index in [1.165, 1.54) is 0 Å². The number of anilines is 1. The monoisotopic (exact) mass is 242 g/mol. The van der Waals surface area contributed by atoms with Crippen molar-refractivity contribution in [1.82, 2.24) is 9.97 Å². The standard InChI is InChI=1S/C9H14N4O2S/c1-3-14-6-5-7(15-4-2)12-9(11-6)13-8(10)16/h5H,3-4H2,1-2H3,(H3,10,11,12,13,16). The van der Waals surface area contributed by atoms with Gasteiger partial charge in [0.15, 0.2) is 5.17 Å². The number of amidine groups is 1. The summed E-state index contributed by atoms with van der Waals surface area (Å²) in [6.07, 6.45) is 0. The van der Waals surface area contributed by atoms with Crippen LogP contribution in [0.25, 0.3) is 0 Å². The van der Waals surface area contributed by atoms with Crippen LogP contribution in [0.15, 0.2) is 6.07 Å². The van der Waals surface area contributed by atoms with Crippen LogP contribution >= 0.6 is 12.6 Å². The van der Waals surface area contributed by atoms with Crippen molar-refractivity contribution in [3.05, 3.63) is 6.07 Å². The largest absolute Gasteiger partial charge is 0.478 e. The second-order valence-electron chi connectivity index (χ2n) is 2.71. The molecule has 16 heavy (non-hydrogen) atoms. The average molecular weight is 242 g/mol. The first-order chi connectivity index (χ1) is 7.65. The maximum Gasteiger partial charge on any atom is 0.235 e. The van der Waals surface area contributed by atoms with Crippen molar-refractivity contribution in [2.75, 3.05) is 18.5 Å². The first-order valence-corrected chi connectivity index (χ1v) is 5.29. The lowest BCUT2D eigenvalue weighted by molar-refractivity contribution is 0.306. The molecule has 0 bridgehead atoms. The Morgan fingerprint density at radius 2 is 1.81 bits per heavy atom. The Kier molecular flexibility index (Phi) is 4.84. The lowest BCUT2D eigenvalue weighted by Crippen LogP contribution is -2.09. The number of aromatic nitrogens is 2. The zero-order chi connectivity index (χ0) is 12.0. The van der Waals surface area contributed by atoms with Gasteiger partial charge in [-0.2, -0.15) is 9.97 Å². The summed E-state index contributed by atoms with van der Waals surface area (Å²) in [6, 6.07) is 1.60. The second-order valence-corrected chi connectivity index (χ2v) is 3.15. The van der Waals surface area contributed by atoms with Crippen LogP contribution in [0.3, 0.4) is 0 Å². The van der Waals surface area contributed by atoms with E-state index < -0.39 is 0 Å². The van der Waals surface area contributed by atoms with E-state index in [9.17, 15) is 0 Å². The second kappa shape index (κ2) is 6.16. The number of ether oxygens (including phenoxy) is 2. The Bertz CT molecular complexity index is 348. The van der Waals surface area contributed by atoms with Crippen LogP contribution in [0.4, 0.5) is 5.95 Å². The quantitative estimate of drug-likeness (QED) is 0.415. The normalized spacial score (nSPS) is 9.69. The summed E-state index contributed by atoms with van der Waals surface area (Å²) in [4.78, 5) is 8.06. The molecular formula is C9H14N4O2S. The fourth-order valence-electron chi connectivity index (χ4n) is 1.01. The first kappa shape index (κ1) is 12.6. The van der Waals surface area contributed by atoms with E-state index in [0.717, 1.165) is 0 Å². The van der Waals surface area contributed by atoms with Crippen molar-refractivity contribution in [2.24, 2.45) is 0 Å². The highest BCUT2D eigenvalue weighted by Gasteiger charge is 2.06. The Morgan fingerprint density at radius 1 is 1.31 bits per heavy atom. The zero-order valence-corrected chi connectivity index (χ0v) is 10.0. The lowest BCUT2D eigenvalue weighted by Gasteiger charge is -2.08. The van der Waals surface area contributed by atoms with Gasteiger partial charge in [-0.15, -0.1) is 12.6 Å². The summed E-state index contributed by atoms with van der Waals surface area (Å²) in [6.45, 7) is 4.72. The SMILES string of the molecule is CCOc1cc(OCC)nc(NC(=N)S)n1. The van der Waals surface area contributed by atoms with Gasteiger partial charge in [-0.1, -0.05) is 0 Å². The Labute approximate surface area is 99.3 Å². The summed E-state index contributed by atoms with van der Waals surface area (Å²) in [5.74, 6) is 1.03. The van der Waals surface area contributed by atoms with Gasteiger partial charge >= 0.3 is 0 Å². The minimum atomic E-state index is -0.0453. The molecule has 0 radical (unpaired) electrons. The third-order valence-electron chi connectivity index (χ3n) is 1.49. The predicted octanol–water partition coefficient (Wildman–Crippen LogP) is 1.55. The molecule has 1 aromatic heterocycles. The van der Waals surface area contributed by atoms with Crippen LogP contribution in [-0.4, -0.2) is 28.3 Å². The molecule has 88 valence electrons. The van der Waals surface area contributed by atoms with Crippen LogP contribution in [0.2, 0.25) is 0 Å². The van der Waals surface area contributed by atoms with Gasteiger partial charge in [0.2, 0.25) is 17.7 Å². The zero-order valence-electron chi connectivity index (χ0n) is 9.15. The van der Waals surface area contributed by atoms with E-state index in [1.807, 2.05) is 13.8 Å². The van der Waals surface area contributed by atoms with Gasteiger partial charge in [-0.25, -0.2) is 0 Å². The topological polar surface area (TPSA) is 80.1 Å². The Hall–Kier alpha value is -1.50. The maximum atomic E-state index is 7.17. The van der Waals surface area contributed by atoms with E-state index in [4.69, 9.17) is 14.9 Å². The number of rotatable bonds is 5. The van der Waals surface area contributed by atoms with E-state index >= 15 is 0 Å². The highest BCUT2D eigenvalue weighted by molar-refractivity contribution is 7.97. The minimum absolute atomic E-state index is 0.0453. The van der Waals surface area contributed by atoms with Crippen molar-refractivity contribution in [3.8, 4) is 11.8 Å². The summed E-state index contributed by atoms with van der Waals surface area (Å²) >= 11 is 3.79. The van der Waals surface area contributed by atoms with Crippen molar-refractivity contribution in [1.29, 1.82) is 5.41 Å². The van der Waals surface area contributed by atoms with Gasteiger partial charge in [0.1, 0.15) is 0 Å². The third-order valence-corrected chi connectivity index (χ3v) is 1.61. The molecule has 0 amide bonds. The number of hydrogen-bond acceptors (Lipinski definition) is 5. The van der Waals surface area contributed by atoms with Crippen LogP contribution in [0, 0.1) is 5.41 Å². The molecule has 0 aliphatic carbocycles. The van der Waals surface area contributed by atoms with Gasteiger partial charge < -0.3 is 14.8 Å². The Balaban J connectivity index is 2.93. The van der Waals surface area contributed by atoms with Crippen LogP contribution in [0.5, 0.6) is 11.8 Å². The third kappa shape index (κ3) is 3.93. The fraction of sp³-hybridized carbons (Fsp3) is 0.444. The van der Waals surface area contributed by atoms with Gasteiger partial charge in [-0.3, -0.25) is 5.41 Å². The van der Waals surface area contributed by atoms with Crippen LogP contribution in [-0.2, 0) is 0 Å². The van der Waals surface area contributed by atoms with Gasteiger partial charge in [-0.05, 0) is 13.8 Å². The van der Waals surface area contributed by atoms with Gasteiger partial charge in [0, 0.05) is 0 Å². The highest BCUT2D eigenvalue weighted by Crippen LogP contribution is 2.18. The highest BCUT2D eigenvalue weighted by atomic mass is 32.1. The Morgan fingerprint density at radius 3 is 2.19 bits per heavy atom. The molecule has 0 atom stereocenters. The molecule has 0 unspecified atom stereocenters. The molecule has 0 fully saturated rings. The van der Waals surface area contributed by atoms with Crippen molar-refractivity contribution < 1.29 is 9.47 Å². The van der Waals surface area contributed by atoms with E-state index in [-0.39, 0.29) is 11.1 Å². The first-order valence-electron chi connectivity index (χ1n) is 4.85. The summed E-state index contributed by atoms with van der Waals surface area (Å²) in [7, 11) is 0. The number of nitrogens with one attached hydrogen (secondary N) is 2. The molecule has 6 nitrogen and oxygen atoms in total. The smallest absolute Gasteiger partial charge is 0.235 e. The minimum Gasteiger partial charge on any atom is -0.478 e. The molecule has 0 saturated heterocycles. The van der Waals surface area contributed by atoms with Crippen molar-refractivity contribution >= 4 is 23.7 Å². The molecule has 0 aliphatic heterocycles. The lowest BCUT2D eigenvalue weighted by atomic mass is 10.6. The van der Waals surface area contributed by atoms with E-state index in [2.05, 4.69) is 27.9 Å². The summed E-state index contributed by atoms with van der Waals surface area (Å²) < 4.78 is 10.5. The molecular weight excluding hydrogens is 228 g/mol. The molecule has 0 aromatic carbocycles. The molecule has 7 heteroatoms. The molecule has 1 rings (SSSR count). The number of hydrogen-bond donors (Lipinski definition) is 3. The summed E-state index contributed by atoms with van der Waals surface area (Å²) in [5, 5.41) is 9.69. The van der Waals surface area contributed by atoms with Crippen molar-refractivity contribution in [3.63, 3.8) is 0 Å². The van der Waals surface area contributed by atoms with E-state index in [0.29, 0.717) is 25.0 Å². The molecule has 0 aliphatic rings. The number of nitrogens with zero attached hydrogens (tertiary/aromatic N) is 2. The number of thiol groups is 1. The molecule has 2 N–H and O–H groups in total. The molecule has 1 aromatic rings. The van der Waals surface area contributed by atoms with E-state index in [1.54, 1.807) is 6.07 Å². The molecule has 0 spiro atoms. The molecule has 0 saturated carbocycles. The maximum absolute atomic E-state index is 7.17. The van der Waals surface area contributed by atoms with Gasteiger partial charge in [0.05, 0.1) is 19.3 Å². The predicted molar refractivity (Wildman–Crippen MR) is 64.7 cm³/mol. The van der Waals surface area contributed by atoms with Crippen molar-refractivity contribution in [2.45, 2.75) is 13.8 Å². The van der Waals surface area contributed by atoms with Crippen LogP contribution in [0.1, 0.15) is 13.8 Å². The van der Waals surface area contributed by atoms with Gasteiger partial charge in [0.25, 0.3) is 0 Å². The average Bonchev–Trinajstić information content (AvgIpc) is 2.17.